The summed E-state index contributed by atoms with van der Waals surface area (Å²) in [5, 5.41) is 4.01. The maximum Gasteiger partial charge on any atom is 0.162 e. The zero-order valence-corrected chi connectivity index (χ0v) is 13.2. The number of aromatic nitrogens is 1. The van der Waals surface area contributed by atoms with E-state index >= 15 is 0 Å². The number of hydrogen-bond acceptors (Lipinski definition) is 4. The van der Waals surface area contributed by atoms with Crippen LogP contribution in [-0.2, 0) is 0 Å². The van der Waals surface area contributed by atoms with Crippen molar-refractivity contribution >= 4 is 11.6 Å². The van der Waals surface area contributed by atoms with Gasteiger partial charge in [-0.15, -0.1) is 0 Å². The Kier molecular flexibility index (Phi) is 4.80. The number of nitrogens with one attached hydrogen (secondary N) is 1. The standard InChI is InChI=1S/C17H19ClN2O2/c1-21-15-4-2-3-5-16(15)22-17(12-6-7-19-9-12)13-8-14(18)11-20-10-13/h2-5,8,10-12,17,19H,6-7,9H2,1H3. The van der Waals surface area contributed by atoms with Gasteiger partial charge in [0.2, 0.25) is 0 Å². The third kappa shape index (κ3) is 3.34. The zero-order chi connectivity index (χ0) is 15.4. The SMILES string of the molecule is COc1ccccc1OC(c1cncc(Cl)c1)C1CCNC1. The van der Waals surface area contributed by atoms with Crippen molar-refractivity contribution < 1.29 is 9.47 Å². The molecule has 3 rings (SSSR count). The summed E-state index contributed by atoms with van der Waals surface area (Å²) >= 11 is 6.10. The van der Waals surface area contributed by atoms with Gasteiger partial charge in [-0.3, -0.25) is 4.98 Å². The normalized spacial score (nSPS) is 18.9. The Balaban J connectivity index is 1.91. The summed E-state index contributed by atoms with van der Waals surface area (Å²) < 4.78 is 11.7. The lowest BCUT2D eigenvalue weighted by Gasteiger charge is -2.25. The fraction of sp³-hybridized carbons (Fsp3) is 0.353. The van der Waals surface area contributed by atoms with Crippen molar-refractivity contribution in [3.8, 4) is 11.5 Å². The molecule has 0 bridgehead atoms. The highest BCUT2D eigenvalue weighted by Gasteiger charge is 2.29. The maximum atomic E-state index is 6.30. The first kappa shape index (κ1) is 15.1. The van der Waals surface area contributed by atoms with E-state index in [1.807, 2.05) is 36.5 Å². The average molecular weight is 319 g/mol. The van der Waals surface area contributed by atoms with E-state index in [1.54, 1.807) is 13.3 Å². The summed E-state index contributed by atoms with van der Waals surface area (Å²) in [6.07, 6.45) is 4.42. The van der Waals surface area contributed by atoms with Crippen LogP contribution in [0, 0.1) is 5.92 Å². The van der Waals surface area contributed by atoms with E-state index in [0.29, 0.717) is 10.9 Å². The molecule has 4 nitrogen and oxygen atoms in total. The molecule has 2 atom stereocenters. The molecule has 1 saturated heterocycles. The summed E-state index contributed by atoms with van der Waals surface area (Å²) in [4.78, 5) is 4.20. The van der Waals surface area contributed by atoms with Crippen LogP contribution in [0.1, 0.15) is 18.1 Å². The smallest absolute Gasteiger partial charge is 0.162 e. The molecule has 2 heterocycles. The number of pyridine rings is 1. The quantitative estimate of drug-likeness (QED) is 0.916. The van der Waals surface area contributed by atoms with Crippen molar-refractivity contribution in [3.63, 3.8) is 0 Å². The van der Waals surface area contributed by atoms with Crippen LogP contribution in [0.5, 0.6) is 11.5 Å². The number of methoxy groups -OCH3 is 1. The van der Waals surface area contributed by atoms with Crippen LogP contribution < -0.4 is 14.8 Å². The van der Waals surface area contributed by atoms with Gasteiger partial charge < -0.3 is 14.8 Å². The Labute approximate surface area is 135 Å². The Morgan fingerprint density at radius 2 is 2.09 bits per heavy atom. The van der Waals surface area contributed by atoms with Gasteiger partial charge >= 0.3 is 0 Å². The second-order valence-corrected chi connectivity index (χ2v) is 5.82. The van der Waals surface area contributed by atoms with Crippen LogP contribution >= 0.6 is 11.6 Å². The van der Waals surface area contributed by atoms with Gasteiger partial charge in [0, 0.05) is 30.4 Å². The highest BCUT2D eigenvalue weighted by Crippen LogP contribution is 2.36. The molecule has 116 valence electrons. The zero-order valence-electron chi connectivity index (χ0n) is 12.5. The summed E-state index contributed by atoms with van der Waals surface area (Å²) in [5.41, 5.74) is 0.993. The monoisotopic (exact) mass is 318 g/mol. The summed E-state index contributed by atoms with van der Waals surface area (Å²) in [7, 11) is 1.65. The van der Waals surface area contributed by atoms with Gasteiger partial charge in [-0.1, -0.05) is 23.7 Å². The number of benzene rings is 1. The number of hydrogen-bond donors (Lipinski definition) is 1. The molecule has 22 heavy (non-hydrogen) atoms. The molecule has 1 fully saturated rings. The van der Waals surface area contributed by atoms with Crippen molar-refractivity contribution in [2.24, 2.45) is 5.92 Å². The molecule has 5 heteroatoms. The lowest BCUT2D eigenvalue weighted by molar-refractivity contribution is 0.139. The molecule has 0 radical (unpaired) electrons. The van der Waals surface area contributed by atoms with Crippen molar-refractivity contribution in [2.75, 3.05) is 20.2 Å². The first-order valence-electron chi connectivity index (χ1n) is 7.39. The van der Waals surface area contributed by atoms with E-state index in [1.165, 1.54) is 0 Å². The van der Waals surface area contributed by atoms with Gasteiger partial charge in [0.1, 0.15) is 6.10 Å². The molecule has 0 aliphatic carbocycles. The van der Waals surface area contributed by atoms with Crippen LogP contribution in [0.15, 0.2) is 42.7 Å². The lowest BCUT2D eigenvalue weighted by Crippen LogP contribution is -2.21. The summed E-state index contributed by atoms with van der Waals surface area (Å²) in [5.74, 6) is 1.85. The second kappa shape index (κ2) is 6.99. The predicted octanol–water partition coefficient (Wildman–Crippen LogP) is 3.47. The minimum absolute atomic E-state index is 0.0995. The highest BCUT2D eigenvalue weighted by atomic mass is 35.5. The van der Waals surface area contributed by atoms with Crippen LogP contribution in [-0.4, -0.2) is 25.2 Å². The number of halogens is 1. The fourth-order valence-electron chi connectivity index (χ4n) is 2.81. The van der Waals surface area contributed by atoms with Gasteiger partial charge in [0.15, 0.2) is 11.5 Å². The molecular formula is C17H19ClN2O2. The largest absolute Gasteiger partial charge is 0.493 e. The van der Waals surface area contributed by atoms with E-state index in [2.05, 4.69) is 10.3 Å². The van der Waals surface area contributed by atoms with E-state index in [9.17, 15) is 0 Å². The Hall–Kier alpha value is -1.78. The van der Waals surface area contributed by atoms with E-state index < -0.39 is 0 Å². The summed E-state index contributed by atoms with van der Waals surface area (Å²) in [6, 6.07) is 9.62. The van der Waals surface area contributed by atoms with Crippen LogP contribution in [0.2, 0.25) is 5.02 Å². The Morgan fingerprint density at radius 1 is 1.27 bits per heavy atom. The molecule has 1 N–H and O–H groups in total. The molecule has 1 aromatic carbocycles. The third-order valence-electron chi connectivity index (χ3n) is 3.90. The fourth-order valence-corrected chi connectivity index (χ4v) is 2.99. The highest BCUT2D eigenvalue weighted by molar-refractivity contribution is 6.30. The van der Waals surface area contributed by atoms with Gasteiger partial charge in [0.05, 0.1) is 12.1 Å². The Bertz CT molecular complexity index is 630. The first-order valence-corrected chi connectivity index (χ1v) is 7.76. The molecule has 1 aliphatic rings. The van der Waals surface area contributed by atoms with Crippen LogP contribution in [0.4, 0.5) is 0 Å². The van der Waals surface area contributed by atoms with E-state index in [-0.39, 0.29) is 6.10 Å². The second-order valence-electron chi connectivity index (χ2n) is 5.38. The van der Waals surface area contributed by atoms with E-state index in [4.69, 9.17) is 21.1 Å². The van der Waals surface area contributed by atoms with Gasteiger partial charge in [-0.2, -0.15) is 0 Å². The average Bonchev–Trinajstić information content (AvgIpc) is 3.07. The molecular weight excluding hydrogens is 300 g/mol. The number of para-hydroxylation sites is 2. The molecule has 0 amide bonds. The van der Waals surface area contributed by atoms with Crippen LogP contribution in [0.25, 0.3) is 0 Å². The number of rotatable bonds is 5. The molecule has 1 aliphatic heterocycles. The maximum absolute atomic E-state index is 6.30. The van der Waals surface area contributed by atoms with Crippen molar-refractivity contribution in [1.82, 2.24) is 10.3 Å². The number of nitrogens with zero attached hydrogens (tertiary/aromatic N) is 1. The molecule has 0 saturated carbocycles. The van der Waals surface area contributed by atoms with Gasteiger partial charge in [0.25, 0.3) is 0 Å². The minimum Gasteiger partial charge on any atom is -0.493 e. The Morgan fingerprint density at radius 3 is 2.77 bits per heavy atom. The van der Waals surface area contributed by atoms with Crippen molar-refractivity contribution in [2.45, 2.75) is 12.5 Å². The molecule has 0 spiro atoms. The minimum atomic E-state index is -0.0995. The first-order chi connectivity index (χ1) is 10.8. The molecule has 2 unspecified atom stereocenters. The topological polar surface area (TPSA) is 43.4 Å². The van der Waals surface area contributed by atoms with Crippen molar-refractivity contribution in [3.05, 3.63) is 53.3 Å². The van der Waals surface area contributed by atoms with E-state index in [0.717, 1.165) is 36.6 Å². The van der Waals surface area contributed by atoms with Crippen molar-refractivity contribution in [1.29, 1.82) is 0 Å². The van der Waals surface area contributed by atoms with Gasteiger partial charge in [-0.25, -0.2) is 0 Å². The third-order valence-corrected chi connectivity index (χ3v) is 4.11. The number of ether oxygens (including phenoxy) is 2. The molecule has 2 aromatic rings. The summed E-state index contributed by atoms with van der Waals surface area (Å²) in [6.45, 7) is 1.93. The lowest BCUT2D eigenvalue weighted by atomic mass is 9.96. The van der Waals surface area contributed by atoms with Crippen LogP contribution in [0.3, 0.4) is 0 Å². The van der Waals surface area contributed by atoms with Gasteiger partial charge in [-0.05, 0) is 31.2 Å². The predicted molar refractivity (Wildman–Crippen MR) is 86.6 cm³/mol. The molecule has 1 aromatic heterocycles.